The highest BCUT2D eigenvalue weighted by molar-refractivity contribution is 6.76. The summed E-state index contributed by atoms with van der Waals surface area (Å²) in [6, 6.07) is 19.5. The lowest BCUT2D eigenvalue weighted by molar-refractivity contribution is 0.0398. The second-order valence-corrected chi connectivity index (χ2v) is 20.5. The average molecular weight is 703 g/mol. The van der Waals surface area contributed by atoms with Gasteiger partial charge < -0.3 is 30.2 Å². The van der Waals surface area contributed by atoms with Gasteiger partial charge in [-0.15, -0.1) is 0 Å². The minimum Gasteiger partial charge on any atom is -0.444 e. The molecule has 0 saturated carbocycles. The Bertz CT molecular complexity index is 1670. The Morgan fingerprint density at radius 2 is 1.82 bits per heavy atom. The number of ether oxygens (including phenoxy) is 3. The van der Waals surface area contributed by atoms with E-state index in [4.69, 9.17) is 24.3 Å². The third-order valence-electron chi connectivity index (χ3n) is 8.29. The highest BCUT2D eigenvalue weighted by Crippen LogP contribution is 2.31. The number of hydrogen-bond donors (Lipinski definition) is 3. The fourth-order valence-corrected chi connectivity index (χ4v) is 6.38. The molecular weight excluding hydrogens is 649 g/mol. The van der Waals surface area contributed by atoms with Crippen LogP contribution >= 0.6 is 0 Å². The number of benzene rings is 2. The molecule has 4 aromatic rings. The number of alkyl carbamates (subject to hydrolysis) is 1. The van der Waals surface area contributed by atoms with Crippen molar-refractivity contribution in [3.63, 3.8) is 0 Å². The van der Waals surface area contributed by atoms with Gasteiger partial charge in [-0.1, -0.05) is 62.1 Å². The van der Waals surface area contributed by atoms with Crippen LogP contribution in [0.15, 0.2) is 60.8 Å². The Morgan fingerprint density at radius 3 is 2.56 bits per heavy atom. The Balaban J connectivity index is 1.35. The van der Waals surface area contributed by atoms with Crippen molar-refractivity contribution in [2.45, 2.75) is 71.3 Å². The molecule has 0 radical (unpaired) electrons. The number of anilines is 2. The number of nitrogens with zero attached hydrogens (tertiary/aromatic N) is 5. The van der Waals surface area contributed by atoms with E-state index < -0.39 is 19.8 Å². The molecule has 1 saturated heterocycles. The first kappa shape index (κ1) is 37.2. The van der Waals surface area contributed by atoms with Crippen LogP contribution in [0.3, 0.4) is 0 Å². The van der Waals surface area contributed by atoms with E-state index in [0.717, 1.165) is 79.0 Å². The van der Waals surface area contributed by atoms with Crippen molar-refractivity contribution in [3.05, 3.63) is 66.4 Å². The van der Waals surface area contributed by atoms with Crippen LogP contribution in [0.1, 0.15) is 38.8 Å². The van der Waals surface area contributed by atoms with Crippen molar-refractivity contribution < 1.29 is 19.0 Å². The number of morpholine rings is 1. The van der Waals surface area contributed by atoms with E-state index >= 15 is 0 Å². The number of nitrogens with one attached hydrogen (secondary N) is 3. The van der Waals surface area contributed by atoms with Crippen molar-refractivity contribution >= 4 is 36.8 Å². The zero-order valence-electron chi connectivity index (χ0n) is 30.5. The molecule has 0 aliphatic carbocycles. The Kier molecular flexibility index (Phi) is 12.8. The lowest BCUT2D eigenvalue weighted by Crippen LogP contribution is -2.39. The van der Waals surface area contributed by atoms with Crippen molar-refractivity contribution in [1.82, 2.24) is 30.0 Å². The van der Waals surface area contributed by atoms with Crippen LogP contribution in [-0.4, -0.2) is 97.0 Å². The summed E-state index contributed by atoms with van der Waals surface area (Å²) in [5.74, 6) is 0.571. The van der Waals surface area contributed by atoms with Gasteiger partial charge in [0.15, 0.2) is 5.65 Å². The largest absolute Gasteiger partial charge is 0.444 e. The van der Waals surface area contributed by atoms with E-state index in [1.54, 1.807) is 0 Å². The molecule has 13 heteroatoms. The topological polar surface area (TPSA) is 128 Å². The van der Waals surface area contributed by atoms with Gasteiger partial charge >= 0.3 is 6.09 Å². The van der Waals surface area contributed by atoms with Crippen LogP contribution in [-0.2, 0) is 20.9 Å². The van der Waals surface area contributed by atoms with E-state index in [1.165, 1.54) is 0 Å². The highest BCUT2D eigenvalue weighted by atomic mass is 28.3. The molecule has 50 heavy (non-hydrogen) atoms. The summed E-state index contributed by atoms with van der Waals surface area (Å²) in [6.07, 6.45) is 2.10. The molecule has 2 aromatic carbocycles. The SMILES string of the molecule is CC(C)(C)OC(=O)NCCC(Nc1cccc(-c2nn(COCC[Si](C)(C)C)c3nc(NCCN4CCOCC4)ncc23)c1)c1ccccc1. The summed E-state index contributed by atoms with van der Waals surface area (Å²) >= 11 is 0. The molecule has 270 valence electrons. The Hall–Kier alpha value is -4.04. The minimum atomic E-state index is -1.24. The number of carbonyl (C=O) groups is 1. The Labute approximate surface area is 297 Å². The Morgan fingerprint density at radius 1 is 1.04 bits per heavy atom. The van der Waals surface area contributed by atoms with Crippen molar-refractivity contribution in [2.24, 2.45) is 0 Å². The minimum absolute atomic E-state index is 0.0510. The normalized spacial score (nSPS) is 14.8. The molecule has 1 unspecified atom stereocenters. The third kappa shape index (κ3) is 11.5. The van der Waals surface area contributed by atoms with Gasteiger partial charge in [0, 0.05) is 64.9 Å². The number of hydrogen-bond acceptors (Lipinski definition) is 10. The number of amides is 1. The summed E-state index contributed by atoms with van der Waals surface area (Å²) < 4.78 is 18.9. The maximum Gasteiger partial charge on any atom is 0.407 e. The monoisotopic (exact) mass is 702 g/mol. The van der Waals surface area contributed by atoms with E-state index in [0.29, 0.717) is 32.3 Å². The van der Waals surface area contributed by atoms with Crippen molar-refractivity contribution in [2.75, 3.05) is 63.2 Å². The van der Waals surface area contributed by atoms with Gasteiger partial charge in [-0.2, -0.15) is 10.1 Å². The maximum absolute atomic E-state index is 12.3. The van der Waals surface area contributed by atoms with Gasteiger partial charge in [0.05, 0.1) is 24.6 Å². The van der Waals surface area contributed by atoms with Gasteiger partial charge in [-0.05, 0) is 50.9 Å². The van der Waals surface area contributed by atoms with Crippen LogP contribution in [0.4, 0.5) is 16.4 Å². The van der Waals surface area contributed by atoms with Gasteiger partial charge in [-0.3, -0.25) is 4.90 Å². The summed E-state index contributed by atoms with van der Waals surface area (Å²) in [5, 5.41) is 15.9. The van der Waals surface area contributed by atoms with E-state index in [2.05, 4.69) is 69.7 Å². The van der Waals surface area contributed by atoms with Crippen LogP contribution in [0.5, 0.6) is 0 Å². The van der Waals surface area contributed by atoms with Gasteiger partial charge in [0.25, 0.3) is 0 Å². The van der Waals surface area contributed by atoms with Crippen molar-refractivity contribution in [3.8, 4) is 11.3 Å². The third-order valence-corrected chi connectivity index (χ3v) is 10.00. The second kappa shape index (κ2) is 17.3. The van der Waals surface area contributed by atoms with Crippen LogP contribution in [0.25, 0.3) is 22.3 Å². The quantitative estimate of drug-likeness (QED) is 0.0866. The van der Waals surface area contributed by atoms with Gasteiger partial charge in [0.1, 0.15) is 18.0 Å². The zero-order valence-corrected chi connectivity index (χ0v) is 31.5. The van der Waals surface area contributed by atoms with Gasteiger partial charge in [-0.25, -0.2) is 14.5 Å². The van der Waals surface area contributed by atoms with Gasteiger partial charge in [0.2, 0.25) is 5.95 Å². The van der Waals surface area contributed by atoms with E-state index in [1.807, 2.05) is 62.0 Å². The molecule has 5 rings (SSSR count). The van der Waals surface area contributed by atoms with E-state index in [-0.39, 0.29) is 6.04 Å². The first-order valence-electron chi connectivity index (χ1n) is 17.7. The summed E-state index contributed by atoms with van der Waals surface area (Å²) in [4.78, 5) is 24.3. The van der Waals surface area contributed by atoms with Crippen LogP contribution in [0, 0.1) is 0 Å². The molecule has 12 nitrogen and oxygen atoms in total. The molecule has 1 aliphatic heterocycles. The fourth-order valence-electron chi connectivity index (χ4n) is 5.62. The van der Waals surface area contributed by atoms with Crippen molar-refractivity contribution in [1.29, 1.82) is 0 Å². The van der Waals surface area contributed by atoms with Crippen LogP contribution < -0.4 is 16.0 Å². The maximum atomic E-state index is 12.3. The summed E-state index contributed by atoms with van der Waals surface area (Å²) in [5.41, 5.74) is 3.97. The molecule has 0 spiro atoms. The zero-order chi connectivity index (χ0) is 35.6. The predicted molar refractivity (Wildman–Crippen MR) is 202 cm³/mol. The molecule has 3 heterocycles. The molecule has 1 fully saturated rings. The standard InChI is InChI=1S/C37H54N8O4Si/c1-37(2,3)49-36(46)39-16-15-32(28-11-8-7-9-12-28)41-30-14-10-13-29(25-30)33-31-26-40-35(38-17-18-44-19-21-47-22-20-44)42-34(31)45(43-33)27-48-23-24-50(4,5)6/h7-14,25-26,32,41H,15-24,27H2,1-6H3,(H,39,46)(H,38,40,42). The molecular formula is C37H54N8O4Si. The molecule has 1 atom stereocenters. The smallest absolute Gasteiger partial charge is 0.407 e. The average Bonchev–Trinajstić information content (AvgIpc) is 3.44. The highest BCUT2D eigenvalue weighted by Gasteiger charge is 2.20. The molecule has 1 aliphatic rings. The molecule has 2 aromatic heterocycles. The molecule has 3 N–H and O–H groups in total. The number of carbonyl (C=O) groups excluding carboxylic acids is 1. The summed E-state index contributed by atoms with van der Waals surface area (Å²) in [7, 11) is -1.24. The molecule has 0 bridgehead atoms. The number of rotatable bonds is 16. The fraction of sp³-hybridized carbons (Fsp3) is 0.514. The van der Waals surface area contributed by atoms with Crippen LogP contribution in [0.2, 0.25) is 25.7 Å². The lowest BCUT2D eigenvalue weighted by Gasteiger charge is -2.26. The molecule has 1 amide bonds. The first-order chi connectivity index (χ1) is 23.9. The number of aromatic nitrogens is 4. The second-order valence-electron chi connectivity index (χ2n) is 14.9. The lowest BCUT2D eigenvalue weighted by atomic mass is 10.0. The first-order valence-corrected chi connectivity index (χ1v) is 21.4. The predicted octanol–water partition coefficient (Wildman–Crippen LogP) is 6.62. The van der Waals surface area contributed by atoms with E-state index in [9.17, 15) is 4.79 Å². The number of fused-ring (bicyclic) bond motifs is 1. The summed E-state index contributed by atoms with van der Waals surface area (Å²) in [6.45, 7) is 19.1.